The predicted octanol–water partition coefficient (Wildman–Crippen LogP) is 2.25. The number of thiazole rings is 1. The third-order valence-electron chi connectivity index (χ3n) is 3.54. The van der Waals surface area contributed by atoms with Crippen LogP contribution in [0.15, 0.2) is 6.20 Å². The summed E-state index contributed by atoms with van der Waals surface area (Å²) in [5, 5.41) is 4.71. The summed E-state index contributed by atoms with van der Waals surface area (Å²) in [7, 11) is 0. The second kappa shape index (κ2) is 6.98. The van der Waals surface area contributed by atoms with Crippen molar-refractivity contribution in [1.82, 2.24) is 15.2 Å². The lowest BCUT2D eigenvalue weighted by Crippen LogP contribution is -2.46. The minimum atomic E-state index is 0.150. The molecule has 4 nitrogen and oxygen atoms in total. The molecule has 5 heteroatoms. The van der Waals surface area contributed by atoms with E-state index in [2.05, 4.69) is 42.9 Å². The Morgan fingerprint density at radius 1 is 1.50 bits per heavy atom. The molecule has 1 N–H and O–H groups in total. The van der Waals surface area contributed by atoms with Gasteiger partial charge >= 0.3 is 0 Å². The van der Waals surface area contributed by atoms with Crippen LogP contribution in [0.3, 0.4) is 0 Å². The van der Waals surface area contributed by atoms with E-state index in [0.717, 1.165) is 39.3 Å². The Labute approximate surface area is 126 Å². The zero-order chi connectivity index (χ0) is 14.6. The standard InChI is InChI=1S/C15H27N3OS/c1-5-18-6-7-19-12(11-18)8-16-9-13-10-17-14(20-13)15(2,3)4/h10,12,16H,5-9,11H2,1-4H3/t12-/m0/s1. The molecule has 114 valence electrons. The number of hydrogen-bond acceptors (Lipinski definition) is 5. The Kier molecular flexibility index (Phi) is 5.55. The fourth-order valence-electron chi connectivity index (χ4n) is 2.28. The van der Waals surface area contributed by atoms with Gasteiger partial charge in [0.15, 0.2) is 0 Å². The molecule has 1 aliphatic rings. The highest BCUT2D eigenvalue weighted by atomic mass is 32.1. The topological polar surface area (TPSA) is 37.4 Å². The normalized spacial score (nSPS) is 21.3. The zero-order valence-corrected chi connectivity index (χ0v) is 13.9. The summed E-state index contributed by atoms with van der Waals surface area (Å²) < 4.78 is 5.79. The van der Waals surface area contributed by atoms with E-state index in [0.29, 0.717) is 6.10 Å². The van der Waals surface area contributed by atoms with Crippen molar-refractivity contribution in [1.29, 1.82) is 0 Å². The van der Waals surface area contributed by atoms with Crippen molar-refractivity contribution in [3.05, 3.63) is 16.1 Å². The van der Waals surface area contributed by atoms with Crippen LogP contribution in [0, 0.1) is 0 Å². The largest absolute Gasteiger partial charge is 0.374 e. The number of ether oxygens (including phenoxy) is 1. The van der Waals surface area contributed by atoms with E-state index < -0.39 is 0 Å². The van der Waals surface area contributed by atoms with Crippen LogP contribution in [0.4, 0.5) is 0 Å². The Bertz CT molecular complexity index is 413. The Morgan fingerprint density at radius 2 is 2.30 bits per heavy atom. The highest BCUT2D eigenvalue weighted by Crippen LogP contribution is 2.26. The quantitative estimate of drug-likeness (QED) is 0.904. The second-order valence-electron chi connectivity index (χ2n) is 6.40. The molecule has 1 fully saturated rings. The molecule has 1 aromatic rings. The number of hydrogen-bond donors (Lipinski definition) is 1. The first-order chi connectivity index (χ1) is 9.49. The van der Waals surface area contributed by atoms with Gasteiger partial charge in [-0.05, 0) is 6.54 Å². The van der Waals surface area contributed by atoms with Crippen LogP contribution in [0.2, 0.25) is 0 Å². The fourth-order valence-corrected chi connectivity index (χ4v) is 3.22. The van der Waals surface area contributed by atoms with E-state index >= 15 is 0 Å². The van der Waals surface area contributed by atoms with Gasteiger partial charge in [-0.1, -0.05) is 27.7 Å². The van der Waals surface area contributed by atoms with E-state index in [4.69, 9.17) is 4.74 Å². The van der Waals surface area contributed by atoms with Crippen LogP contribution >= 0.6 is 11.3 Å². The van der Waals surface area contributed by atoms with Crippen molar-refractivity contribution in [2.24, 2.45) is 0 Å². The first-order valence-corrected chi connectivity index (χ1v) is 8.30. The Hall–Kier alpha value is -0.490. The van der Waals surface area contributed by atoms with Gasteiger partial charge < -0.3 is 10.1 Å². The van der Waals surface area contributed by atoms with Crippen molar-refractivity contribution in [2.45, 2.75) is 45.8 Å². The smallest absolute Gasteiger partial charge is 0.0981 e. The van der Waals surface area contributed by atoms with Crippen LogP contribution in [0.25, 0.3) is 0 Å². The minimum absolute atomic E-state index is 0.150. The highest BCUT2D eigenvalue weighted by Gasteiger charge is 2.20. The van der Waals surface area contributed by atoms with Crippen LogP contribution in [0.5, 0.6) is 0 Å². The Morgan fingerprint density at radius 3 is 2.95 bits per heavy atom. The predicted molar refractivity (Wildman–Crippen MR) is 84.4 cm³/mol. The summed E-state index contributed by atoms with van der Waals surface area (Å²) in [5.41, 5.74) is 0.150. The summed E-state index contributed by atoms with van der Waals surface area (Å²) in [6.45, 7) is 14.7. The molecular formula is C15H27N3OS. The van der Waals surface area contributed by atoms with Gasteiger partial charge in [-0.15, -0.1) is 11.3 Å². The molecule has 1 aromatic heterocycles. The molecule has 0 aromatic carbocycles. The molecule has 0 unspecified atom stereocenters. The van der Waals surface area contributed by atoms with E-state index in [9.17, 15) is 0 Å². The SMILES string of the molecule is CCN1CCO[C@@H](CNCc2cnc(C(C)(C)C)s2)C1. The molecule has 1 atom stereocenters. The first kappa shape index (κ1) is 15.9. The van der Waals surface area contributed by atoms with E-state index in [1.807, 2.05) is 6.20 Å². The monoisotopic (exact) mass is 297 g/mol. The molecular weight excluding hydrogens is 270 g/mol. The molecule has 2 heterocycles. The molecule has 0 saturated carbocycles. The van der Waals surface area contributed by atoms with Gasteiger partial charge in [0.1, 0.15) is 0 Å². The van der Waals surface area contributed by atoms with E-state index in [1.165, 1.54) is 9.88 Å². The molecule has 1 saturated heterocycles. The summed E-state index contributed by atoms with van der Waals surface area (Å²) >= 11 is 1.81. The van der Waals surface area contributed by atoms with Gasteiger partial charge in [-0.3, -0.25) is 4.90 Å². The molecule has 0 spiro atoms. The van der Waals surface area contributed by atoms with Gasteiger partial charge in [-0.2, -0.15) is 0 Å². The molecule has 0 aliphatic carbocycles. The molecule has 20 heavy (non-hydrogen) atoms. The van der Waals surface area contributed by atoms with Gasteiger partial charge in [0.05, 0.1) is 17.7 Å². The second-order valence-corrected chi connectivity index (χ2v) is 7.51. The van der Waals surface area contributed by atoms with Gasteiger partial charge in [0.25, 0.3) is 0 Å². The number of nitrogens with one attached hydrogen (secondary N) is 1. The lowest BCUT2D eigenvalue weighted by molar-refractivity contribution is -0.0253. The van der Waals surface area contributed by atoms with Crippen molar-refractivity contribution < 1.29 is 4.74 Å². The lowest BCUT2D eigenvalue weighted by Gasteiger charge is -2.32. The van der Waals surface area contributed by atoms with Gasteiger partial charge in [-0.25, -0.2) is 4.98 Å². The number of nitrogens with zero attached hydrogens (tertiary/aromatic N) is 2. The van der Waals surface area contributed by atoms with Crippen molar-refractivity contribution in [2.75, 3.05) is 32.8 Å². The van der Waals surface area contributed by atoms with Crippen molar-refractivity contribution in [3.63, 3.8) is 0 Å². The maximum absolute atomic E-state index is 5.79. The highest BCUT2D eigenvalue weighted by molar-refractivity contribution is 7.11. The number of aromatic nitrogens is 1. The summed E-state index contributed by atoms with van der Waals surface area (Å²) in [6, 6.07) is 0. The third kappa shape index (κ3) is 4.52. The third-order valence-corrected chi connectivity index (χ3v) is 4.96. The maximum Gasteiger partial charge on any atom is 0.0981 e. The van der Waals surface area contributed by atoms with Crippen molar-refractivity contribution >= 4 is 11.3 Å². The van der Waals surface area contributed by atoms with E-state index in [-0.39, 0.29) is 5.41 Å². The number of likely N-dealkylation sites (N-methyl/N-ethyl adjacent to an activating group) is 1. The maximum atomic E-state index is 5.79. The summed E-state index contributed by atoms with van der Waals surface area (Å²) in [4.78, 5) is 8.27. The molecule has 0 amide bonds. The zero-order valence-electron chi connectivity index (χ0n) is 13.1. The average molecular weight is 297 g/mol. The summed E-state index contributed by atoms with van der Waals surface area (Å²) in [6.07, 6.45) is 2.32. The molecule has 2 rings (SSSR count). The number of rotatable bonds is 5. The summed E-state index contributed by atoms with van der Waals surface area (Å²) in [5.74, 6) is 0. The minimum Gasteiger partial charge on any atom is -0.374 e. The lowest BCUT2D eigenvalue weighted by atomic mass is 9.98. The van der Waals surface area contributed by atoms with Crippen LogP contribution in [0.1, 0.15) is 37.6 Å². The first-order valence-electron chi connectivity index (χ1n) is 7.49. The molecule has 0 radical (unpaired) electrons. The van der Waals surface area contributed by atoms with Gasteiger partial charge in [0, 0.05) is 42.7 Å². The van der Waals surface area contributed by atoms with Gasteiger partial charge in [0.2, 0.25) is 0 Å². The Balaban J connectivity index is 1.74. The molecule has 0 bridgehead atoms. The van der Waals surface area contributed by atoms with Crippen LogP contribution in [-0.4, -0.2) is 48.8 Å². The average Bonchev–Trinajstić information content (AvgIpc) is 2.88. The van der Waals surface area contributed by atoms with Crippen molar-refractivity contribution in [3.8, 4) is 0 Å². The fraction of sp³-hybridized carbons (Fsp3) is 0.800. The van der Waals surface area contributed by atoms with Crippen LogP contribution in [-0.2, 0) is 16.7 Å². The van der Waals surface area contributed by atoms with Crippen LogP contribution < -0.4 is 5.32 Å². The molecule has 1 aliphatic heterocycles. The number of morpholine rings is 1. The van der Waals surface area contributed by atoms with E-state index in [1.54, 1.807) is 11.3 Å².